The third kappa shape index (κ3) is 6.92. The normalized spacial score (nSPS) is 23.4. The average molecular weight is 481 g/mol. The maximum Gasteiger partial charge on any atom is 0.194 e. The van der Waals surface area contributed by atoms with Crippen LogP contribution in [0, 0.1) is 18.3 Å². The van der Waals surface area contributed by atoms with Crippen molar-refractivity contribution in [1.82, 2.24) is 14.7 Å². The van der Waals surface area contributed by atoms with Gasteiger partial charge in [-0.3, -0.25) is 10.4 Å². The van der Waals surface area contributed by atoms with E-state index in [4.69, 9.17) is 11.1 Å². The van der Waals surface area contributed by atoms with E-state index in [9.17, 15) is 0 Å². The smallest absolute Gasteiger partial charge is 0.194 e. The highest BCUT2D eigenvalue weighted by atomic mass is 15.4. The van der Waals surface area contributed by atoms with Crippen molar-refractivity contribution in [2.45, 2.75) is 96.6 Å². The van der Waals surface area contributed by atoms with E-state index in [2.05, 4.69) is 57.8 Å². The highest BCUT2D eigenvalue weighted by Gasteiger charge is 2.33. The molecular formula is C29H48N6. The molecule has 3 N–H and O–H groups in total. The van der Waals surface area contributed by atoms with Crippen LogP contribution in [-0.4, -0.2) is 71.4 Å². The fraction of sp³-hybridized carbons (Fsp3) is 0.724. The van der Waals surface area contributed by atoms with Crippen molar-refractivity contribution in [3.05, 3.63) is 35.4 Å². The molecule has 3 aliphatic rings. The number of nitrogens with zero attached hydrogens (tertiary/aromatic N) is 4. The van der Waals surface area contributed by atoms with Crippen LogP contribution in [-0.2, 0) is 6.42 Å². The number of rotatable bonds is 12. The lowest BCUT2D eigenvalue weighted by Gasteiger charge is -2.32. The zero-order valence-electron chi connectivity index (χ0n) is 22.2. The summed E-state index contributed by atoms with van der Waals surface area (Å²) in [6, 6.07) is 9.76. The van der Waals surface area contributed by atoms with Gasteiger partial charge in [0, 0.05) is 32.2 Å². The summed E-state index contributed by atoms with van der Waals surface area (Å²) in [4.78, 5) is 11.7. The van der Waals surface area contributed by atoms with Crippen molar-refractivity contribution in [2.24, 2.45) is 16.6 Å². The van der Waals surface area contributed by atoms with Gasteiger partial charge < -0.3 is 20.4 Å². The molecule has 0 spiro atoms. The van der Waals surface area contributed by atoms with Gasteiger partial charge in [-0.1, -0.05) is 62.4 Å². The number of guanidine groups is 2. The molecule has 1 aromatic rings. The van der Waals surface area contributed by atoms with Crippen LogP contribution >= 0.6 is 0 Å². The first-order chi connectivity index (χ1) is 17.0. The summed E-state index contributed by atoms with van der Waals surface area (Å²) in [5.74, 6) is 2.31. The van der Waals surface area contributed by atoms with Gasteiger partial charge in [0.05, 0.1) is 12.6 Å². The summed E-state index contributed by atoms with van der Waals surface area (Å²) in [6.45, 7) is 9.33. The highest BCUT2D eigenvalue weighted by Crippen LogP contribution is 2.27. The lowest BCUT2D eigenvalue weighted by atomic mass is 9.88. The van der Waals surface area contributed by atoms with Crippen molar-refractivity contribution >= 4 is 11.9 Å². The molecule has 6 nitrogen and oxygen atoms in total. The molecule has 1 aromatic carbocycles. The summed E-state index contributed by atoms with van der Waals surface area (Å²) < 4.78 is 0. The molecule has 194 valence electrons. The van der Waals surface area contributed by atoms with Crippen LogP contribution in [0.2, 0.25) is 0 Å². The SMILES string of the molecule is CCC[C@@H]1CN(CCCC[C@H]2CN=C(N)N2CC2CCCCC2)C(=N)N1CCc1cccc(C)c1. The van der Waals surface area contributed by atoms with Gasteiger partial charge in [0.15, 0.2) is 11.9 Å². The van der Waals surface area contributed by atoms with Crippen LogP contribution in [0.4, 0.5) is 0 Å². The molecule has 35 heavy (non-hydrogen) atoms. The van der Waals surface area contributed by atoms with E-state index in [0.717, 1.165) is 69.8 Å². The second-order valence-corrected chi connectivity index (χ2v) is 11.1. The van der Waals surface area contributed by atoms with Crippen molar-refractivity contribution in [1.29, 1.82) is 5.41 Å². The first-order valence-corrected chi connectivity index (χ1v) is 14.3. The molecule has 4 rings (SSSR count). The van der Waals surface area contributed by atoms with Crippen LogP contribution < -0.4 is 5.73 Å². The zero-order valence-corrected chi connectivity index (χ0v) is 22.2. The summed E-state index contributed by atoms with van der Waals surface area (Å²) in [7, 11) is 0. The van der Waals surface area contributed by atoms with Gasteiger partial charge in [-0.05, 0) is 63.4 Å². The number of nitrogens with two attached hydrogens (primary N) is 1. The number of aryl methyl sites for hydroxylation is 1. The number of hydrogen-bond acceptors (Lipinski definition) is 4. The van der Waals surface area contributed by atoms with Crippen LogP contribution in [0.5, 0.6) is 0 Å². The first-order valence-electron chi connectivity index (χ1n) is 14.3. The van der Waals surface area contributed by atoms with Crippen molar-refractivity contribution in [3.63, 3.8) is 0 Å². The Labute approximate surface area is 213 Å². The second kappa shape index (κ2) is 12.6. The number of aliphatic imine (C=N–C) groups is 1. The Morgan fingerprint density at radius 2 is 1.86 bits per heavy atom. The molecule has 0 unspecified atom stereocenters. The number of hydrogen-bond donors (Lipinski definition) is 2. The third-order valence-corrected chi connectivity index (χ3v) is 8.38. The van der Waals surface area contributed by atoms with Gasteiger partial charge in [-0.15, -0.1) is 0 Å². The van der Waals surface area contributed by atoms with Crippen molar-refractivity contribution < 1.29 is 0 Å². The Hall–Kier alpha value is -2.24. The summed E-state index contributed by atoms with van der Waals surface area (Å²) >= 11 is 0. The minimum Gasteiger partial charge on any atom is -0.370 e. The van der Waals surface area contributed by atoms with Gasteiger partial charge in [0.1, 0.15) is 0 Å². The lowest BCUT2D eigenvalue weighted by Crippen LogP contribution is -2.43. The number of unbranched alkanes of at least 4 members (excludes halogenated alkanes) is 1. The van der Waals surface area contributed by atoms with Gasteiger partial charge >= 0.3 is 0 Å². The summed E-state index contributed by atoms with van der Waals surface area (Å²) in [5.41, 5.74) is 8.97. The van der Waals surface area contributed by atoms with Gasteiger partial charge in [-0.25, -0.2) is 0 Å². The second-order valence-electron chi connectivity index (χ2n) is 11.1. The molecule has 6 heteroatoms. The van der Waals surface area contributed by atoms with Gasteiger partial charge in [-0.2, -0.15) is 0 Å². The van der Waals surface area contributed by atoms with Crippen LogP contribution in [0.15, 0.2) is 29.3 Å². The zero-order chi connectivity index (χ0) is 24.6. The van der Waals surface area contributed by atoms with E-state index < -0.39 is 0 Å². The fourth-order valence-electron chi connectivity index (χ4n) is 6.37. The Morgan fingerprint density at radius 3 is 2.63 bits per heavy atom. The fourth-order valence-corrected chi connectivity index (χ4v) is 6.37. The van der Waals surface area contributed by atoms with E-state index >= 15 is 0 Å². The van der Waals surface area contributed by atoms with Gasteiger partial charge in [0.2, 0.25) is 0 Å². The van der Waals surface area contributed by atoms with E-state index in [1.807, 2.05) is 0 Å². The van der Waals surface area contributed by atoms with Crippen LogP contribution in [0.1, 0.15) is 82.3 Å². The molecule has 1 aliphatic carbocycles. The molecule has 2 heterocycles. The largest absolute Gasteiger partial charge is 0.370 e. The molecule has 1 saturated carbocycles. The molecular weight excluding hydrogens is 432 g/mol. The minimum absolute atomic E-state index is 0.478. The average Bonchev–Trinajstić information content (AvgIpc) is 3.35. The third-order valence-electron chi connectivity index (χ3n) is 8.38. The molecule has 2 atom stereocenters. The molecule has 2 aliphatic heterocycles. The Morgan fingerprint density at radius 1 is 1.03 bits per heavy atom. The highest BCUT2D eigenvalue weighted by molar-refractivity contribution is 5.80. The monoisotopic (exact) mass is 480 g/mol. The Balaban J connectivity index is 1.22. The number of nitrogens with one attached hydrogen (secondary N) is 1. The predicted molar refractivity (Wildman–Crippen MR) is 147 cm³/mol. The van der Waals surface area contributed by atoms with E-state index in [1.54, 1.807) is 0 Å². The lowest BCUT2D eigenvalue weighted by molar-refractivity contribution is 0.233. The molecule has 0 radical (unpaired) electrons. The van der Waals surface area contributed by atoms with Gasteiger partial charge in [0.25, 0.3) is 0 Å². The summed E-state index contributed by atoms with van der Waals surface area (Å²) in [5, 5.41) is 8.89. The van der Waals surface area contributed by atoms with Crippen molar-refractivity contribution in [2.75, 3.05) is 32.7 Å². The van der Waals surface area contributed by atoms with E-state index in [0.29, 0.717) is 12.1 Å². The van der Waals surface area contributed by atoms with Crippen LogP contribution in [0.25, 0.3) is 0 Å². The quantitative estimate of drug-likeness (QED) is 0.413. The minimum atomic E-state index is 0.478. The standard InChI is InChI=1S/C29H48N6/c1-3-10-27-22-33(29(31)34(27)18-16-24-14-9-11-23(2)19-24)17-8-7-15-26-20-32-28(30)35(26)21-25-12-5-4-6-13-25/h9,11,14,19,25-27,31H,3-8,10,12-13,15-18,20-22H2,1-2H3,(H2,30,32)/t26-,27+/m0/s1. The topological polar surface area (TPSA) is 72.0 Å². The first kappa shape index (κ1) is 25.8. The molecule has 0 amide bonds. The predicted octanol–water partition coefficient (Wildman–Crippen LogP) is 5.01. The van der Waals surface area contributed by atoms with Crippen molar-refractivity contribution in [3.8, 4) is 0 Å². The molecule has 0 aromatic heterocycles. The maximum atomic E-state index is 8.89. The van der Waals surface area contributed by atoms with Crippen LogP contribution in [0.3, 0.4) is 0 Å². The maximum absolute atomic E-state index is 8.89. The summed E-state index contributed by atoms with van der Waals surface area (Å²) in [6.07, 6.45) is 13.7. The molecule has 2 fully saturated rings. The van der Waals surface area contributed by atoms with E-state index in [1.165, 1.54) is 62.5 Å². The molecule has 1 saturated heterocycles. The molecule has 0 bridgehead atoms. The Kier molecular flexibility index (Phi) is 9.33. The van der Waals surface area contributed by atoms with E-state index in [-0.39, 0.29) is 0 Å². The Bertz CT molecular complexity index is 845. The number of benzene rings is 1.